The molecule has 0 saturated heterocycles. The number of nitrogens with two attached hydrogens (primary N) is 1. The molecule has 0 fully saturated rings. The first-order valence-corrected chi connectivity index (χ1v) is 7.99. The molecule has 2 rings (SSSR count). The van der Waals surface area contributed by atoms with Gasteiger partial charge in [0.2, 0.25) is 10.0 Å². The zero-order valence-electron chi connectivity index (χ0n) is 11.7. The Bertz CT molecular complexity index is 586. The highest BCUT2D eigenvalue weighted by Gasteiger charge is 2.26. The van der Waals surface area contributed by atoms with Crippen LogP contribution in [0.2, 0.25) is 0 Å². The fourth-order valence-corrected chi connectivity index (χ4v) is 3.73. The number of ether oxygens (including phenoxy) is 2. The Morgan fingerprint density at radius 2 is 2.25 bits per heavy atom. The second-order valence-electron chi connectivity index (χ2n) is 4.94. The molecule has 3 N–H and O–H groups in total. The lowest BCUT2D eigenvalue weighted by atomic mass is 10.1. The van der Waals surface area contributed by atoms with Crippen LogP contribution in [0.1, 0.15) is 18.9 Å². The molecule has 0 aliphatic carbocycles. The van der Waals surface area contributed by atoms with Crippen molar-refractivity contribution in [3.63, 3.8) is 0 Å². The average molecular weight is 300 g/mol. The monoisotopic (exact) mass is 300 g/mol. The van der Waals surface area contributed by atoms with Crippen LogP contribution >= 0.6 is 0 Å². The topological polar surface area (TPSA) is 90.7 Å². The number of anilines is 1. The lowest BCUT2D eigenvalue weighted by molar-refractivity contribution is 0.180. The van der Waals surface area contributed by atoms with E-state index in [1.165, 1.54) is 13.2 Å². The smallest absolute Gasteiger partial charge is 0.244 e. The lowest BCUT2D eigenvalue weighted by Crippen LogP contribution is -2.36. The van der Waals surface area contributed by atoms with E-state index < -0.39 is 10.0 Å². The summed E-state index contributed by atoms with van der Waals surface area (Å²) in [6.45, 7) is 2.55. The van der Waals surface area contributed by atoms with Gasteiger partial charge < -0.3 is 15.2 Å². The van der Waals surface area contributed by atoms with E-state index in [-0.39, 0.29) is 10.9 Å². The summed E-state index contributed by atoms with van der Waals surface area (Å²) < 4.78 is 37.9. The van der Waals surface area contributed by atoms with E-state index in [2.05, 4.69) is 4.72 Å². The number of fused-ring (bicyclic) bond motifs is 1. The zero-order chi connectivity index (χ0) is 14.8. The molecule has 1 aliphatic rings. The summed E-state index contributed by atoms with van der Waals surface area (Å²) in [5.41, 5.74) is 7.06. The Balaban J connectivity index is 2.38. The number of sulfonamides is 1. The maximum Gasteiger partial charge on any atom is 0.244 e. The van der Waals surface area contributed by atoms with Crippen molar-refractivity contribution >= 4 is 15.7 Å². The summed E-state index contributed by atoms with van der Waals surface area (Å²) in [7, 11) is -2.16. The van der Waals surface area contributed by atoms with E-state index in [0.29, 0.717) is 24.7 Å². The van der Waals surface area contributed by atoms with Gasteiger partial charge in [-0.3, -0.25) is 0 Å². The normalized spacial score (nSPS) is 16.3. The van der Waals surface area contributed by atoms with Crippen molar-refractivity contribution in [2.24, 2.45) is 0 Å². The van der Waals surface area contributed by atoms with Crippen molar-refractivity contribution in [2.75, 3.05) is 26.1 Å². The van der Waals surface area contributed by atoms with Crippen LogP contribution in [0, 0.1) is 0 Å². The Hall–Kier alpha value is -1.31. The molecular formula is C13H20N2O4S. The third-order valence-corrected chi connectivity index (χ3v) is 4.65. The Labute approximate surface area is 119 Å². The molecule has 1 atom stereocenters. The molecule has 0 saturated carbocycles. The lowest BCUT2D eigenvalue weighted by Gasteiger charge is -2.22. The average Bonchev–Trinajstić information content (AvgIpc) is 2.37. The number of hydrogen-bond donors (Lipinski definition) is 2. The molecule has 1 aromatic carbocycles. The Kier molecular flexibility index (Phi) is 4.52. The van der Waals surface area contributed by atoms with E-state index in [1.807, 2.05) is 0 Å². The van der Waals surface area contributed by atoms with Gasteiger partial charge in [0.1, 0.15) is 10.6 Å². The molecular weight excluding hydrogens is 280 g/mol. The van der Waals surface area contributed by atoms with Gasteiger partial charge in [0.25, 0.3) is 0 Å². The SMILES string of the molecule is COCC(C)NS(=O)(=O)c1cc(N)cc2c1OCCC2. The quantitative estimate of drug-likeness (QED) is 0.789. The summed E-state index contributed by atoms with van der Waals surface area (Å²) in [6, 6.07) is 2.88. The predicted octanol–water partition coefficient (Wildman–Crippen LogP) is 0.907. The fraction of sp³-hybridized carbons (Fsp3) is 0.538. The highest BCUT2D eigenvalue weighted by Crippen LogP contribution is 2.34. The van der Waals surface area contributed by atoms with Gasteiger partial charge >= 0.3 is 0 Å². The van der Waals surface area contributed by atoms with Gasteiger partial charge in [-0.15, -0.1) is 0 Å². The largest absolute Gasteiger partial charge is 0.492 e. The van der Waals surface area contributed by atoms with Crippen molar-refractivity contribution in [1.82, 2.24) is 4.72 Å². The van der Waals surface area contributed by atoms with Crippen LogP contribution in [0.4, 0.5) is 5.69 Å². The standard InChI is InChI=1S/C13H20N2O4S/c1-9(8-18-2)15-20(16,17)12-7-11(14)6-10-4-3-5-19-13(10)12/h6-7,9,15H,3-5,8,14H2,1-2H3. The zero-order valence-corrected chi connectivity index (χ0v) is 12.5. The molecule has 0 radical (unpaired) electrons. The minimum Gasteiger partial charge on any atom is -0.492 e. The molecule has 6 nitrogen and oxygen atoms in total. The second-order valence-corrected chi connectivity index (χ2v) is 6.62. The van der Waals surface area contributed by atoms with Gasteiger partial charge in [0, 0.05) is 18.8 Å². The van der Waals surface area contributed by atoms with Gasteiger partial charge in [-0.1, -0.05) is 0 Å². The molecule has 1 unspecified atom stereocenters. The molecule has 20 heavy (non-hydrogen) atoms. The molecule has 1 aliphatic heterocycles. The van der Waals surface area contributed by atoms with E-state index in [1.54, 1.807) is 13.0 Å². The van der Waals surface area contributed by atoms with Crippen LogP contribution in [0.5, 0.6) is 5.75 Å². The number of aryl methyl sites for hydroxylation is 1. The van der Waals surface area contributed by atoms with Gasteiger partial charge in [-0.25, -0.2) is 13.1 Å². The molecule has 0 amide bonds. The Morgan fingerprint density at radius 1 is 1.50 bits per heavy atom. The summed E-state index contributed by atoms with van der Waals surface area (Å²) in [5.74, 6) is 0.419. The second kappa shape index (κ2) is 5.99. The number of nitrogen functional groups attached to an aromatic ring is 1. The van der Waals surface area contributed by atoms with Crippen LogP contribution in [-0.4, -0.2) is 34.8 Å². The number of benzene rings is 1. The molecule has 0 aromatic heterocycles. The maximum atomic E-state index is 12.4. The maximum absolute atomic E-state index is 12.4. The van der Waals surface area contributed by atoms with E-state index in [9.17, 15) is 8.42 Å². The summed E-state index contributed by atoms with van der Waals surface area (Å²) in [5, 5.41) is 0. The van der Waals surface area contributed by atoms with Crippen LogP contribution in [-0.2, 0) is 21.2 Å². The van der Waals surface area contributed by atoms with Crippen molar-refractivity contribution in [2.45, 2.75) is 30.7 Å². The van der Waals surface area contributed by atoms with Crippen LogP contribution in [0.3, 0.4) is 0 Å². The number of rotatable bonds is 5. The molecule has 0 spiro atoms. The van der Waals surface area contributed by atoms with Crippen molar-refractivity contribution < 1.29 is 17.9 Å². The Morgan fingerprint density at radius 3 is 2.95 bits per heavy atom. The van der Waals surface area contributed by atoms with Crippen LogP contribution < -0.4 is 15.2 Å². The fourth-order valence-electron chi connectivity index (χ4n) is 2.28. The summed E-state index contributed by atoms with van der Waals surface area (Å²) in [4.78, 5) is 0.107. The van der Waals surface area contributed by atoms with Gasteiger partial charge in [0.15, 0.2) is 0 Å². The summed E-state index contributed by atoms with van der Waals surface area (Å²) >= 11 is 0. The first-order chi connectivity index (χ1) is 9.44. The van der Waals surface area contributed by atoms with E-state index in [4.69, 9.17) is 15.2 Å². The summed E-state index contributed by atoms with van der Waals surface area (Å²) in [6.07, 6.45) is 1.64. The van der Waals surface area contributed by atoms with Crippen molar-refractivity contribution in [1.29, 1.82) is 0 Å². The van der Waals surface area contributed by atoms with E-state index in [0.717, 1.165) is 18.4 Å². The van der Waals surface area contributed by atoms with Gasteiger partial charge in [-0.05, 0) is 37.5 Å². The third kappa shape index (κ3) is 3.23. The van der Waals surface area contributed by atoms with Gasteiger partial charge in [-0.2, -0.15) is 0 Å². The molecule has 1 heterocycles. The molecule has 7 heteroatoms. The minimum atomic E-state index is -3.68. The van der Waals surface area contributed by atoms with Crippen molar-refractivity contribution in [3.8, 4) is 5.75 Å². The predicted molar refractivity (Wildman–Crippen MR) is 76.3 cm³/mol. The number of hydrogen-bond acceptors (Lipinski definition) is 5. The highest BCUT2D eigenvalue weighted by atomic mass is 32.2. The first kappa shape index (κ1) is 15.1. The minimum absolute atomic E-state index is 0.107. The van der Waals surface area contributed by atoms with Crippen LogP contribution in [0.25, 0.3) is 0 Å². The first-order valence-electron chi connectivity index (χ1n) is 6.50. The van der Waals surface area contributed by atoms with Crippen molar-refractivity contribution in [3.05, 3.63) is 17.7 Å². The van der Waals surface area contributed by atoms with Crippen LogP contribution in [0.15, 0.2) is 17.0 Å². The number of methoxy groups -OCH3 is 1. The number of nitrogens with one attached hydrogen (secondary N) is 1. The van der Waals surface area contributed by atoms with Gasteiger partial charge in [0.05, 0.1) is 13.2 Å². The molecule has 1 aromatic rings. The van der Waals surface area contributed by atoms with E-state index >= 15 is 0 Å². The third-order valence-electron chi connectivity index (χ3n) is 3.05. The highest BCUT2D eigenvalue weighted by molar-refractivity contribution is 7.89. The molecule has 112 valence electrons. The molecule has 0 bridgehead atoms.